The van der Waals surface area contributed by atoms with E-state index < -0.39 is 0 Å². The van der Waals surface area contributed by atoms with E-state index in [4.69, 9.17) is 10.5 Å². The predicted molar refractivity (Wildman–Crippen MR) is 89.5 cm³/mol. The zero-order valence-electron chi connectivity index (χ0n) is 13.2. The Balaban J connectivity index is 2.11. The molecule has 3 heterocycles. The molecule has 0 aliphatic rings. The Morgan fingerprint density at radius 3 is 2.83 bits per heavy atom. The van der Waals surface area contributed by atoms with Crippen LogP contribution in [-0.4, -0.2) is 37.2 Å². The first-order valence-electron chi connectivity index (χ1n) is 7.30. The van der Waals surface area contributed by atoms with Crippen LogP contribution in [0.4, 0.5) is 5.69 Å². The molecule has 3 rings (SSSR count). The van der Waals surface area contributed by atoms with Crippen molar-refractivity contribution in [3.8, 4) is 11.9 Å². The van der Waals surface area contributed by atoms with E-state index in [0.717, 1.165) is 11.1 Å². The number of aromatic nitrogens is 4. The highest BCUT2D eigenvalue weighted by Gasteiger charge is 2.11. The van der Waals surface area contributed by atoms with Gasteiger partial charge in [-0.15, -0.1) is 0 Å². The highest BCUT2D eigenvalue weighted by molar-refractivity contribution is 5.87. The molecular weight excluding hydrogens is 306 g/mol. The maximum absolute atomic E-state index is 8.95. The summed E-state index contributed by atoms with van der Waals surface area (Å²) in [5.74, 6) is 0.570. The first-order valence-corrected chi connectivity index (χ1v) is 7.30. The number of fused-ring (bicyclic) bond motifs is 1. The molecule has 0 saturated carbocycles. The van der Waals surface area contributed by atoms with Crippen molar-refractivity contribution in [3.05, 3.63) is 41.9 Å². The van der Waals surface area contributed by atoms with Gasteiger partial charge in [-0.3, -0.25) is 0 Å². The third-order valence-electron chi connectivity index (χ3n) is 3.32. The fraction of sp³-hybridized carbons (Fsp3) is 0.188. The van der Waals surface area contributed by atoms with Gasteiger partial charge in [0.05, 0.1) is 18.0 Å². The molecule has 0 spiro atoms. The lowest BCUT2D eigenvalue weighted by atomic mass is 10.2. The second kappa shape index (κ2) is 6.34. The van der Waals surface area contributed by atoms with Crippen molar-refractivity contribution in [2.75, 3.05) is 5.32 Å². The van der Waals surface area contributed by atoms with Gasteiger partial charge in [-0.1, -0.05) is 5.16 Å². The fourth-order valence-corrected chi connectivity index (χ4v) is 2.32. The Labute approximate surface area is 138 Å². The molecule has 8 nitrogen and oxygen atoms in total. The number of nitrogens with zero attached hydrogens (tertiary/aromatic N) is 6. The standard InChI is InChI=1S/C16H15N7O/c1-10(2)22-14-4-15(18-7-13(14)9-21-24)23-16-12(8-20-23)3-11(5-17)6-19-16/h3-4,6-10,24H,1-2H3,(H,18,22)/b21-9+. The van der Waals surface area contributed by atoms with Crippen LogP contribution in [0.2, 0.25) is 0 Å². The summed E-state index contributed by atoms with van der Waals surface area (Å²) in [6.07, 6.45) is 6.06. The molecule has 2 N–H and O–H groups in total. The third-order valence-corrected chi connectivity index (χ3v) is 3.32. The summed E-state index contributed by atoms with van der Waals surface area (Å²) in [4.78, 5) is 8.64. The van der Waals surface area contributed by atoms with Gasteiger partial charge in [0.15, 0.2) is 11.5 Å². The van der Waals surface area contributed by atoms with E-state index in [1.165, 1.54) is 12.4 Å². The van der Waals surface area contributed by atoms with Gasteiger partial charge in [0.1, 0.15) is 6.07 Å². The van der Waals surface area contributed by atoms with Crippen LogP contribution in [0.5, 0.6) is 0 Å². The number of nitrogens with one attached hydrogen (secondary N) is 1. The van der Waals surface area contributed by atoms with Crippen LogP contribution in [0.3, 0.4) is 0 Å². The van der Waals surface area contributed by atoms with Crippen LogP contribution in [0.1, 0.15) is 25.0 Å². The number of rotatable bonds is 4. The van der Waals surface area contributed by atoms with E-state index in [1.807, 2.05) is 19.9 Å². The van der Waals surface area contributed by atoms with Crippen LogP contribution in [0, 0.1) is 11.3 Å². The van der Waals surface area contributed by atoms with Gasteiger partial charge in [0, 0.05) is 41.1 Å². The molecule has 0 aliphatic heterocycles. The lowest BCUT2D eigenvalue weighted by molar-refractivity contribution is 0.322. The second-order valence-corrected chi connectivity index (χ2v) is 5.48. The molecule has 24 heavy (non-hydrogen) atoms. The summed E-state index contributed by atoms with van der Waals surface area (Å²) in [6, 6.07) is 5.79. The highest BCUT2D eigenvalue weighted by Crippen LogP contribution is 2.21. The second-order valence-electron chi connectivity index (χ2n) is 5.48. The maximum Gasteiger partial charge on any atom is 0.164 e. The molecule has 0 aromatic carbocycles. The van der Waals surface area contributed by atoms with E-state index >= 15 is 0 Å². The van der Waals surface area contributed by atoms with Gasteiger partial charge in [-0.25, -0.2) is 9.97 Å². The average Bonchev–Trinajstić information content (AvgIpc) is 2.99. The van der Waals surface area contributed by atoms with Crippen LogP contribution >= 0.6 is 0 Å². The van der Waals surface area contributed by atoms with Gasteiger partial charge >= 0.3 is 0 Å². The third kappa shape index (κ3) is 2.87. The average molecular weight is 321 g/mol. The Kier molecular flexibility index (Phi) is 4.07. The van der Waals surface area contributed by atoms with Crippen molar-refractivity contribution in [1.82, 2.24) is 19.7 Å². The normalized spacial score (nSPS) is 11.2. The zero-order valence-corrected chi connectivity index (χ0v) is 13.2. The van der Waals surface area contributed by atoms with E-state index in [-0.39, 0.29) is 6.04 Å². The lowest BCUT2D eigenvalue weighted by Crippen LogP contribution is -2.13. The number of hydrogen-bond donors (Lipinski definition) is 2. The molecule has 0 unspecified atom stereocenters. The highest BCUT2D eigenvalue weighted by atomic mass is 16.4. The predicted octanol–water partition coefficient (Wildman–Crippen LogP) is 2.32. The minimum absolute atomic E-state index is 0.191. The van der Waals surface area contributed by atoms with Crippen molar-refractivity contribution in [2.45, 2.75) is 19.9 Å². The smallest absolute Gasteiger partial charge is 0.164 e. The first-order chi connectivity index (χ1) is 11.6. The maximum atomic E-state index is 8.95. The molecule has 0 saturated heterocycles. The van der Waals surface area contributed by atoms with Gasteiger partial charge < -0.3 is 10.5 Å². The van der Waals surface area contributed by atoms with Gasteiger partial charge in [-0.05, 0) is 19.9 Å². The van der Waals surface area contributed by atoms with Gasteiger partial charge in [0.2, 0.25) is 0 Å². The minimum Gasteiger partial charge on any atom is -0.411 e. The molecule has 0 fully saturated rings. The number of anilines is 1. The first kappa shape index (κ1) is 15.4. The fourth-order valence-electron chi connectivity index (χ4n) is 2.32. The molecular formula is C16H15N7O. The SMILES string of the molecule is CC(C)Nc1cc(-n2ncc3cc(C#N)cnc32)ncc1/C=N/O. The number of oxime groups is 1. The van der Waals surface area contributed by atoms with Crippen LogP contribution in [0.15, 0.2) is 35.9 Å². The van der Waals surface area contributed by atoms with E-state index in [0.29, 0.717) is 22.6 Å². The topological polar surface area (TPSA) is 112 Å². The minimum atomic E-state index is 0.191. The molecule has 0 bridgehead atoms. The van der Waals surface area contributed by atoms with Crippen molar-refractivity contribution in [3.63, 3.8) is 0 Å². The Hall–Kier alpha value is -3.47. The number of hydrogen-bond acceptors (Lipinski definition) is 7. The molecule has 0 amide bonds. The quantitative estimate of drug-likeness (QED) is 0.433. The van der Waals surface area contributed by atoms with E-state index in [2.05, 4.69) is 31.6 Å². The summed E-state index contributed by atoms with van der Waals surface area (Å²) in [5.41, 5.74) is 2.52. The molecule has 0 aliphatic carbocycles. The number of nitriles is 1. The van der Waals surface area contributed by atoms with Crippen LogP contribution in [-0.2, 0) is 0 Å². The van der Waals surface area contributed by atoms with Crippen molar-refractivity contribution in [1.29, 1.82) is 5.26 Å². The van der Waals surface area contributed by atoms with E-state index in [1.54, 1.807) is 23.1 Å². The van der Waals surface area contributed by atoms with Crippen molar-refractivity contribution in [2.24, 2.45) is 5.16 Å². The van der Waals surface area contributed by atoms with Crippen LogP contribution in [0.25, 0.3) is 16.9 Å². The molecule has 0 atom stereocenters. The Bertz CT molecular complexity index is 953. The van der Waals surface area contributed by atoms with Crippen LogP contribution < -0.4 is 5.32 Å². The Morgan fingerprint density at radius 1 is 1.29 bits per heavy atom. The van der Waals surface area contributed by atoms with Crippen molar-refractivity contribution < 1.29 is 5.21 Å². The summed E-state index contributed by atoms with van der Waals surface area (Å²) in [7, 11) is 0. The van der Waals surface area contributed by atoms with Crippen molar-refractivity contribution >= 4 is 22.9 Å². The zero-order chi connectivity index (χ0) is 17.1. The number of pyridine rings is 2. The lowest BCUT2D eigenvalue weighted by Gasteiger charge is -2.13. The summed E-state index contributed by atoms with van der Waals surface area (Å²) < 4.78 is 1.60. The summed E-state index contributed by atoms with van der Waals surface area (Å²) in [6.45, 7) is 4.02. The Morgan fingerprint density at radius 2 is 2.12 bits per heavy atom. The molecule has 8 heteroatoms. The molecule has 0 radical (unpaired) electrons. The largest absolute Gasteiger partial charge is 0.411 e. The van der Waals surface area contributed by atoms with E-state index in [9.17, 15) is 0 Å². The summed E-state index contributed by atoms with van der Waals surface area (Å²) in [5, 5.41) is 29.1. The summed E-state index contributed by atoms with van der Waals surface area (Å²) >= 11 is 0. The molecule has 3 aromatic rings. The monoisotopic (exact) mass is 321 g/mol. The molecule has 3 aromatic heterocycles. The van der Waals surface area contributed by atoms with Gasteiger partial charge in [-0.2, -0.15) is 15.0 Å². The molecule has 120 valence electrons. The van der Waals surface area contributed by atoms with Gasteiger partial charge in [0.25, 0.3) is 0 Å².